The Balaban J connectivity index is 1.81. The second-order valence-electron chi connectivity index (χ2n) is 4.65. The van der Waals surface area contributed by atoms with Crippen molar-refractivity contribution in [2.45, 2.75) is 31.8 Å². The second kappa shape index (κ2) is 6.33. The minimum Gasteiger partial charge on any atom is -0.358 e. The van der Waals surface area contributed by atoms with E-state index in [0.29, 0.717) is 12.1 Å². The molecule has 0 saturated carbocycles. The summed E-state index contributed by atoms with van der Waals surface area (Å²) in [4.78, 5) is 23.0. The van der Waals surface area contributed by atoms with Crippen LogP contribution in [0.15, 0.2) is 12.4 Å². The molecule has 1 unspecified atom stereocenters. The molecule has 3 N–H and O–H groups in total. The highest BCUT2D eigenvalue weighted by molar-refractivity contribution is 5.90. The third kappa shape index (κ3) is 4.06. The summed E-state index contributed by atoms with van der Waals surface area (Å²) in [6, 6.07) is 0.279. The van der Waals surface area contributed by atoms with E-state index in [1.54, 1.807) is 19.4 Å². The molecule has 0 spiro atoms. The number of anilines is 1. The van der Waals surface area contributed by atoms with Crippen molar-refractivity contribution < 1.29 is 9.59 Å². The summed E-state index contributed by atoms with van der Waals surface area (Å²) in [5, 5.41) is 12.6. The largest absolute Gasteiger partial charge is 0.358 e. The molecule has 0 aliphatic carbocycles. The Bertz CT molecular complexity index is 451. The first-order valence-corrected chi connectivity index (χ1v) is 6.43. The normalized spacial score (nSPS) is 18.3. The van der Waals surface area contributed by atoms with Crippen molar-refractivity contribution in [2.75, 3.05) is 18.9 Å². The monoisotopic (exact) mass is 265 g/mol. The topological polar surface area (TPSA) is 88.0 Å². The zero-order valence-electron chi connectivity index (χ0n) is 11.0. The number of nitrogens with zero attached hydrogens (tertiary/aromatic N) is 2. The van der Waals surface area contributed by atoms with Gasteiger partial charge in [-0.3, -0.25) is 14.3 Å². The predicted octanol–water partition coefficient (Wildman–Crippen LogP) is -0.290. The van der Waals surface area contributed by atoms with Crippen LogP contribution in [0.25, 0.3) is 0 Å². The van der Waals surface area contributed by atoms with Crippen molar-refractivity contribution >= 4 is 17.5 Å². The van der Waals surface area contributed by atoms with Crippen molar-refractivity contribution in [3.05, 3.63) is 12.4 Å². The molecule has 19 heavy (non-hydrogen) atoms. The molecule has 1 aliphatic heterocycles. The third-order valence-electron chi connectivity index (χ3n) is 3.10. The van der Waals surface area contributed by atoms with Gasteiger partial charge in [-0.05, 0) is 19.4 Å². The summed E-state index contributed by atoms with van der Waals surface area (Å²) < 4.78 is 1.49. The lowest BCUT2D eigenvalue weighted by Crippen LogP contribution is -2.27. The molecule has 0 bridgehead atoms. The molecule has 1 atom stereocenters. The molecular formula is C12H19N5O2. The Morgan fingerprint density at radius 3 is 3.05 bits per heavy atom. The minimum absolute atomic E-state index is 0.0288. The number of amides is 2. The Morgan fingerprint density at radius 2 is 2.37 bits per heavy atom. The van der Waals surface area contributed by atoms with Gasteiger partial charge in [-0.2, -0.15) is 5.10 Å². The zero-order chi connectivity index (χ0) is 13.7. The molecule has 104 valence electrons. The highest BCUT2D eigenvalue weighted by Gasteiger charge is 2.17. The number of likely N-dealkylation sites (N-methyl/N-ethyl adjacent to an activating group) is 1. The SMILES string of the molecule is CNC(=O)Cn1cc(NC(=O)CC2CCCN2)cn1. The van der Waals surface area contributed by atoms with Crippen molar-refractivity contribution in [2.24, 2.45) is 0 Å². The summed E-state index contributed by atoms with van der Waals surface area (Å²) in [6.07, 6.45) is 5.84. The minimum atomic E-state index is -0.129. The molecule has 1 aromatic rings. The van der Waals surface area contributed by atoms with Gasteiger partial charge in [-0.25, -0.2) is 0 Å². The molecule has 2 rings (SSSR count). The van der Waals surface area contributed by atoms with Gasteiger partial charge < -0.3 is 16.0 Å². The summed E-state index contributed by atoms with van der Waals surface area (Å²) in [7, 11) is 1.57. The Hall–Kier alpha value is -1.89. The van der Waals surface area contributed by atoms with Crippen LogP contribution in [-0.4, -0.2) is 41.2 Å². The first-order valence-electron chi connectivity index (χ1n) is 6.43. The fraction of sp³-hybridized carbons (Fsp3) is 0.583. The first kappa shape index (κ1) is 13.5. The number of aromatic nitrogens is 2. The third-order valence-corrected chi connectivity index (χ3v) is 3.10. The maximum atomic E-state index is 11.8. The van der Waals surface area contributed by atoms with Gasteiger partial charge in [0, 0.05) is 25.7 Å². The van der Waals surface area contributed by atoms with E-state index in [9.17, 15) is 9.59 Å². The molecule has 7 nitrogen and oxygen atoms in total. The molecule has 0 aromatic carbocycles. The fourth-order valence-corrected chi connectivity index (χ4v) is 2.11. The van der Waals surface area contributed by atoms with Crippen LogP contribution in [0.2, 0.25) is 0 Å². The molecule has 7 heteroatoms. The van der Waals surface area contributed by atoms with Gasteiger partial charge in [-0.1, -0.05) is 0 Å². The van der Waals surface area contributed by atoms with Crippen molar-refractivity contribution in [3.8, 4) is 0 Å². The molecule has 2 amide bonds. The van der Waals surface area contributed by atoms with Crippen molar-refractivity contribution in [3.63, 3.8) is 0 Å². The van der Waals surface area contributed by atoms with E-state index in [0.717, 1.165) is 19.4 Å². The molecule has 0 radical (unpaired) electrons. The van der Waals surface area contributed by atoms with Crippen LogP contribution >= 0.6 is 0 Å². The summed E-state index contributed by atoms with van der Waals surface area (Å²) in [5.74, 6) is -0.157. The van der Waals surface area contributed by atoms with Gasteiger partial charge in [0.2, 0.25) is 11.8 Å². The summed E-state index contributed by atoms with van der Waals surface area (Å²) in [6.45, 7) is 1.14. The Labute approximate surface area is 111 Å². The highest BCUT2D eigenvalue weighted by Crippen LogP contribution is 2.11. The lowest BCUT2D eigenvalue weighted by atomic mass is 10.1. The quantitative estimate of drug-likeness (QED) is 0.682. The predicted molar refractivity (Wildman–Crippen MR) is 70.6 cm³/mol. The second-order valence-corrected chi connectivity index (χ2v) is 4.65. The van der Waals surface area contributed by atoms with E-state index in [2.05, 4.69) is 21.0 Å². The van der Waals surface area contributed by atoms with Crippen LogP contribution in [0.3, 0.4) is 0 Å². The van der Waals surface area contributed by atoms with Crippen LogP contribution in [0.1, 0.15) is 19.3 Å². The number of nitrogens with one attached hydrogen (secondary N) is 3. The van der Waals surface area contributed by atoms with Gasteiger partial charge in [0.15, 0.2) is 0 Å². The molecule has 1 fully saturated rings. The van der Waals surface area contributed by atoms with Gasteiger partial charge in [0.1, 0.15) is 6.54 Å². The number of carbonyl (C=O) groups is 2. The molecule has 1 saturated heterocycles. The van der Waals surface area contributed by atoms with E-state index >= 15 is 0 Å². The van der Waals surface area contributed by atoms with E-state index in [-0.39, 0.29) is 24.4 Å². The summed E-state index contributed by atoms with van der Waals surface area (Å²) >= 11 is 0. The smallest absolute Gasteiger partial charge is 0.241 e. The average Bonchev–Trinajstić information content (AvgIpc) is 3.01. The molecule has 1 aromatic heterocycles. The summed E-state index contributed by atoms with van der Waals surface area (Å²) in [5.41, 5.74) is 0.618. The lowest BCUT2D eigenvalue weighted by Gasteiger charge is -2.08. The highest BCUT2D eigenvalue weighted by atomic mass is 16.2. The lowest BCUT2D eigenvalue weighted by molar-refractivity contribution is -0.121. The van der Waals surface area contributed by atoms with Gasteiger partial charge in [0.05, 0.1) is 11.9 Å². The molecule has 2 heterocycles. The van der Waals surface area contributed by atoms with Gasteiger partial charge in [-0.15, -0.1) is 0 Å². The van der Waals surface area contributed by atoms with Crippen molar-refractivity contribution in [1.29, 1.82) is 0 Å². The van der Waals surface area contributed by atoms with Crippen LogP contribution in [-0.2, 0) is 16.1 Å². The van der Waals surface area contributed by atoms with Crippen LogP contribution in [0.5, 0.6) is 0 Å². The van der Waals surface area contributed by atoms with E-state index < -0.39 is 0 Å². The Morgan fingerprint density at radius 1 is 1.53 bits per heavy atom. The van der Waals surface area contributed by atoms with E-state index in [1.807, 2.05) is 0 Å². The Kier molecular flexibility index (Phi) is 4.51. The van der Waals surface area contributed by atoms with Crippen LogP contribution in [0.4, 0.5) is 5.69 Å². The average molecular weight is 265 g/mol. The van der Waals surface area contributed by atoms with E-state index in [4.69, 9.17) is 0 Å². The van der Waals surface area contributed by atoms with Crippen molar-refractivity contribution in [1.82, 2.24) is 20.4 Å². The first-order chi connectivity index (χ1) is 9.17. The van der Waals surface area contributed by atoms with Crippen LogP contribution < -0.4 is 16.0 Å². The number of rotatable bonds is 5. The number of hydrogen-bond donors (Lipinski definition) is 3. The number of carbonyl (C=O) groups excluding carboxylic acids is 2. The molecule has 1 aliphatic rings. The van der Waals surface area contributed by atoms with Gasteiger partial charge >= 0.3 is 0 Å². The van der Waals surface area contributed by atoms with E-state index in [1.165, 1.54) is 4.68 Å². The number of hydrogen-bond acceptors (Lipinski definition) is 4. The fourth-order valence-electron chi connectivity index (χ4n) is 2.11. The van der Waals surface area contributed by atoms with Gasteiger partial charge in [0.25, 0.3) is 0 Å². The maximum Gasteiger partial charge on any atom is 0.241 e. The maximum absolute atomic E-state index is 11.8. The molecular weight excluding hydrogens is 246 g/mol. The standard InChI is InChI=1S/C12H19N5O2/c1-13-12(19)8-17-7-10(6-15-17)16-11(18)5-9-3-2-4-14-9/h6-7,9,14H,2-5,8H2,1H3,(H,13,19)(H,16,18). The zero-order valence-corrected chi connectivity index (χ0v) is 11.0. The van der Waals surface area contributed by atoms with Crippen LogP contribution in [0, 0.1) is 0 Å².